The first-order valence-electron chi connectivity index (χ1n) is 8.99. The van der Waals surface area contributed by atoms with Crippen LogP contribution in [0.25, 0.3) is 22.2 Å². The van der Waals surface area contributed by atoms with Crippen molar-refractivity contribution in [2.75, 3.05) is 11.4 Å². The molecule has 2 aromatic heterocycles. The van der Waals surface area contributed by atoms with E-state index < -0.39 is 0 Å². The van der Waals surface area contributed by atoms with Crippen LogP contribution in [0.15, 0.2) is 47.4 Å². The first kappa shape index (κ1) is 15.8. The first-order chi connectivity index (χ1) is 12.3. The van der Waals surface area contributed by atoms with Gasteiger partial charge in [0.25, 0.3) is 5.56 Å². The van der Waals surface area contributed by atoms with Crippen LogP contribution >= 0.6 is 0 Å². The van der Waals surface area contributed by atoms with E-state index in [9.17, 15) is 4.79 Å². The van der Waals surface area contributed by atoms with Gasteiger partial charge in [-0.05, 0) is 42.9 Å². The second kappa shape index (κ2) is 6.67. The number of hydrogen-bond acceptors (Lipinski definition) is 4. The molecule has 1 saturated heterocycles. The molecule has 25 heavy (non-hydrogen) atoms. The predicted molar refractivity (Wildman–Crippen MR) is 101 cm³/mol. The van der Waals surface area contributed by atoms with Crippen molar-refractivity contribution in [3.63, 3.8) is 0 Å². The van der Waals surface area contributed by atoms with E-state index in [-0.39, 0.29) is 5.56 Å². The van der Waals surface area contributed by atoms with Crippen LogP contribution in [-0.2, 0) is 0 Å². The Kier molecular flexibility index (Phi) is 4.22. The highest BCUT2D eigenvalue weighted by molar-refractivity contribution is 5.92. The molecule has 4 rings (SSSR count). The van der Waals surface area contributed by atoms with Crippen molar-refractivity contribution in [1.29, 1.82) is 0 Å². The lowest BCUT2D eigenvalue weighted by molar-refractivity contribution is 0.443. The maximum absolute atomic E-state index is 12.9. The van der Waals surface area contributed by atoms with Crippen molar-refractivity contribution >= 4 is 17.0 Å². The van der Waals surface area contributed by atoms with Gasteiger partial charge < -0.3 is 4.90 Å². The topological polar surface area (TPSA) is 61.9 Å². The van der Waals surface area contributed by atoms with Crippen molar-refractivity contribution in [2.24, 2.45) is 0 Å². The molecular formula is C20H22N4O. The quantitative estimate of drug-likeness (QED) is 0.792. The summed E-state index contributed by atoms with van der Waals surface area (Å²) < 4.78 is 0. The van der Waals surface area contributed by atoms with Crippen LogP contribution in [-0.4, -0.2) is 27.5 Å². The Morgan fingerprint density at radius 1 is 1.20 bits per heavy atom. The van der Waals surface area contributed by atoms with Gasteiger partial charge in [-0.1, -0.05) is 37.3 Å². The molecule has 1 N–H and O–H groups in total. The lowest BCUT2D eigenvalue weighted by atomic mass is 10.0. The zero-order chi connectivity index (χ0) is 17.2. The van der Waals surface area contributed by atoms with Crippen molar-refractivity contribution in [2.45, 2.75) is 38.6 Å². The summed E-state index contributed by atoms with van der Waals surface area (Å²) in [4.78, 5) is 27.2. The van der Waals surface area contributed by atoms with E-state index in [0.29, 0.717) is 23.0 Å². The summed E-state index contributed by atoms with van der Waals surface area (Å²) in [5, 5.41) is 0.558. The number of pyridine rings is 1. The third kappa shape index (κ3) is 2.90. The molecule has 1 fully saturated rings. The van der Waals surface area contributed by atoms with Crippen LogP contribution in [0.2, 0.25) is 0 Å². The average Bonchev–Trinajstić information content (AvgIpc) is 2.68. The maximum Gasteiger partial charge on any atom is 0.262 e. The zero-order valence-electron chi connectivity index (χ0n) is 14.4. The number of nitrogens with one attached hydrogen (secondary N) is 1. The third-order valence-corrected chi connectivity index (χ3v) is 5.05. The molecule has 1 aliphatic heterocycles. The fourth-order valence-corrected chi connectivity index (χ4v) is 3.75. The fraction of sp³-hybridized carbons (Fsp3) is 0.350. The lowest BCUT2D eigenvalue weighted by Crippen LogP contribution is -2.41. The lowest BCUT2D eigenvalue weighted by Gasteiger charge is -2.35. The van der Waals surface area contributed by atoms with Gasteiger partial charge in [-0.15, -0.1) is 0 Å². The molecule has 0 bridgehead atoms. The van der Waals surface area contributed by atoms with Crippen LogP contribution in [0, 0.1) is 0 Å². The molecule has 3 heterocycles. The molecule has 3 aromatic rings. The molecule has 1 atom stereocenters. The Balaban J connectivity index is 1.85. The van der Waals surface area contributed by atoms with Gasteiger partial charge in [-0.3, -0.25) is 9.78 Å². The van der Waals surface area contributed by atoms with Gasteiger partial charge in [0.2, 0.25) is 5.95 Å². The van der Waals surface area contributed by atoms with Crippen molar-refractivity contribution in [1.82, 2.24) is 15.0 Å². The van der Waals surface area contributed by atoms with Gasteiger partial charge in [-0.2, -0.15) is 4.98 Å². The number of anilines is 1. The highest BCUT2D eigenvalue weighted by atomic mass is 16.1. The molecule has 0 amide bonds. The number of aromatic nitrogens is 3. The van der Waals surface area contributed by atoms with Crippen LogP contribution in [0.3, 0.4) is 0 Å². The Hall–Kier alpha value is -2.69. The second-order valence-corrected chi connectivity index (χ2v) is 6.56. The average molecular weight is 334 g/mol. The predicted octanol–water partition coefficient (Wildman–Crippen LogP) is 3.75. The van der Waals surface area contributed by atoms with Gasteiger partial charge in [0, 0.05) is 18.8 Å². The van der Waals surface area contributed by atoms with Crippen LogP contribution in [0.1, 0.15) is 32.6 Å². The molecule has 0 aliphatic carbocycles. The summed E-state index contributed by atoms with van der Waals surface area (Å²) in [6.07, 6.45) is 6.31. The molecule has 0 radical (unpaired) electrons. The van der Waals surface area contributed by atoms with E-state index in [1.165, 1.54) is 6.42 Å². The summed E-state index contributed by atoms with van der Waals surface area (Å²) >= 11 is 0. The molecular weight excluding hydrogens is 312 g/mol. The molecule has 1 aliphatic rings. The Morgan fingerprint density at radius 2 is 2.04 bits per heavy atom. The minimum Gasteiger partial charge on any atom is -0.339 e. The fourth-order valence-electron chi connectivity index (χ4n) is 3.75. The summed E-state index contributed by atoms with van der Waals surface area (Å²) in [5.41, 5.74) is 2.27. The van der Waals surface area contributed by atoms with E-state index in [2.05, 4.69) is 21.8 Å². The normalized spacial score (nSPS) is 17.8. The van der Waals surface area contributed by atoms with Crippen LogP contribution in [0.4, 0.5) is 5.95 Å². The minimum atomic E-state index is -0.118. The van der Waals surface area contributed by atoms with Gasteiger partial charge in [0.05, 0.1) is 5.39 Å². The number of rotatable bonds is 3. The number of piperidine rings is 1. The van der Waals surface area contributed by atoms with E-state index in [1.54, 1.807) is 6.20 Å². The molecule has 1 aromatic carbocycles. The largest absolute Gasteiger partial charge is 0.339 e. The molecule has 0 saturated carbocycles. The Bertz CT molecular complexity index is 935. The molecule has 5 heteroatoms. The summed E-state index contributed by atoms with van der Waals surface area (Å²) in [7, 11) is 0. The SMILES string of the molecule is CCC1CCCCN1c1nc2nccc(-c3ccccc3)c2c(=O)[nH]1. The van der Waals surface area contributed by atoms with E-state index in [1.807, 2.05) is 36.4 Å². The number of aromatic amines is 1. The minimum absolute atomic E-state index is 0.118. The van der Waals surface area contributed by atoms with Crippen molar-refractivity contribution in [3.8, 4) is 11.1 Å². The molecule has 0 spiro atoms. The highest BCUT2D eigenvalue weighted by Gasteiger charge is 2.24. The monoisotopic (exact) mass is 334 g/mol. The van der Waals surface area contributed by atoms with Crippen molar-refractivity contribution < 1.29 is 0 Å². The summed E-state index contributed by atoms with van der Waals surface area (Å²) in [5.74, 6) is 0.654. The van der Waals surface area contributed by atoms with Crippen LogP contribution in [0.5, 0.6) is 0 Å². The molecule has 128 valence electrons. The summed E-state index contributed by atoms with van der Waals surface area (Å²) in [6.45, 7) is 3.12. The highest BCUT2D eigenvalue weighted by Crippen LogP contribution is 2.27. The number of H-pyrrole nitrogens is 1. The second-order valence-electron chi connectivity index (χ2n) is 6.56. The van der Waals surface area contributed by atoms with E-state index in [0.717, 1.165) is 36.9 Å². The smallest absolute Gasteiger partial charge is 0.262 e. The zero-order valence-corrected chi connectivity index (χ0v) is 14.4. The number of hydrogen-bond donors (Lipinski definition) is 1. The van der Waals surface area contributed by atoms with Crippen LogP contribution < -0.4 is 10.5 Å². The van der Waals surface area contributed by atoms with Gasteiger partial charge >= 0.3 is 0 Å². The van der Waals surface area contributed by atoms with Gasteiger partial charge in [0.15, 0.2) is 5.65 Å². The third-order valence-electron chi connectivity index (χ3n) is 5.05. The Labute approximate surface area is 146 Å². The number of fused-ring (bicyclic) bond motifs is 1. The van der Waals surface area contributed by atoms with Crippen molar-refractivity contribution in [3.05, 3.63) is 52.9 Å². The standard InChI is InChI=1S/C20H22N4O/c1-2-15-10-6-7-13-24(15)20-22-18-17(19(25)23-20)16(11-12-21-18)14-8-4-3-5-9-14/h3-5,8-9,11-12,15H,2,6-7,10,13H2,1H3,(H,21,22,23,25). The van der Waals surface area contributed by atoms with E-state index in [4.69, 9.17) is 4.98 Å². The first-order valence-corrected chi connectivity index (χ1v) is 8.99. The number of benzene rings is 1. The Morgan fingerprint density at radius 3 is 2.84 bits per heavy atom. The number of nitrogens with zero attached hydrogens (tertiary/aromatic N) is 3. The van der Waals surface area contributed by atoms with E-state index >= 15 is 0 Å². The van der Waals surface area contributed by atoms with Gasteiger partial charge in [-0.25, -0.2) is 4.98 Å². The maximum atomic E-state index is 12.9. The molecule has 5 nitrogen and oxygen atoms in total. The molecule has 1 unspecified atom stereocenters. The summed E-state index contributed by atoms with van der Waals surface area (Å²) in [6, 6.07) is 12.2. The van der Waals surface area contributed by atoms with Gasteiger partial charge in [0.1, 0.15) is 0 Å².